The number of aromatic amines is 1. The Morgan fingerprint density at radius 3 is 2.94 bits per heavy atom. The highest BCUT2D eigenvalue weighted by Gasteiger charge is 2.21. The molecule has 0 atom stereocenters. The highest BCUT2D eigenvalue weighted by molar-refractivity contribution is 7.89. The zero-order valence-electron chi connectivity index (χ0n) is 9.33. The lowest BCUT2D eigenvalue weighted by Crippen LogP contribution is -2.28. The summed E-state index contributed by atoms with van der Waals surface area (Å²) in [6, 6.07) is 3.97. The number of sulfonamides is 1. The maximum absolute atomic E-state index is 12.0. The lowest BCUT2D eigenvalue weighted by Gasteiger charge is -2.15. The van der Waals surface area contributed by atoms with E-state index in [2.05, 4.69) is 10.2 Å². The largest absolute Gasteiger partial charge is 0.284 e. The van der Waals surface area contributed by atoms with Crippen LogP contribution in [-0.4, -0.2) is 36.5 Å². The molecule has 2 aromatic heterocycles. The first-order chi connectivity index (χ1) is 8.10. The van der Waals surface area contributed by atoms with Crippen LogP contribution in [0.25, 0.3) is 0 Å². The standard InChI is InChI=1S/C10H13N3O2S2/c1-13(5-4-9-3-2-6-16-9)17(14,15)10-7-11-12-8-10/h2-3,6-8H,4-5H2,1H3,(H,11,12). The fourth-order valence-electron chi connectivity index (χ4n) is 1.40. The SMILES string of the molecule is CN(CCc1cccs1)S(=O)(=O)c1cn[nH]c1. The summed E-state index contributed by atoms with van der Waals surface area (Å²) in [5.41, 5.74) is 0. The average molecular weight is 271 g/mol. The van der Waals surface area contributed by atoms with Crippen LogP contribution in [0.15, 0.2) is 34.8 Å². The third-order valence-corrected chi connectivity index (χ3v) is 5.19. The van der Waals surface area contributed by atoms with E-state index in [4.69, 9.17) is 0 Å². The van der Waals surface area contributed by atoms with Gasteiger partial charge in [-0.25, -0.2) is 12.7 Å². The zero-order chi connectivity index (χ0) is 12.3. The number of nitrogens with one attached hydrogen (secondary N) is 1. The van der Waals surface area contributed by atoms with Crippen molar-refractivity contribution in [3.8, 4) is 0 Å². The van der Waals surface area contributed by atoms with Crippen LogP contribution in [0.5, 0.6) is 0 Å². The highest BCUT2D eigenvalue weighted by Crippen LogP contribution is 2.14. The molecular weight excluding hydrogens is 258 g/mol. The smallest absolute Gasteiger partial charge is 0.245 e. The molecule has 2 aromatic rings. The van der Waals surface area contributed by atoms with Crippen molar-refractivity contribution in [1.82, 2.24) is 14.5 Å². The third kappa shape index (κ3) is 2.74. The second-order valence-electron chi connectivity index (χ2n) is 3.59. The van der Waals surface area contributed by atoms with E-state index in [0.29, 0.717) is 6.54 Å². The van der Waals surface area contributed by atoms with Gasteiger partial charge in [0, 0.05) is 24.7 Å². The molecule has 0 aliphatic heterocycles. The molecule has 1 N–H and O–H groups in total. The van der Waals surface area contributed by atoms with Crippen LogP contribution in [0, 0.1) is 0 Å². The second kappa shape index (κ2) is 4.99. The molecule has 0 amide bonds. The predicted octanol–water partition coefficient (Wildman–Crippen LogP) is 1.33. The molecule has 7 heteroatoms. The molecule has 0 aromatic carbocycles. The summed E-state index contributed by atoms with van der Waals surface area (Å²) in [6.45, 7) is 0.466. The Morgan fingerprint density at radius 2 is 2.35 bits per heavy atom. The number of H-pyrrole nitrogens is 1. The van der Waals surface area contributed by atoms with Crippen molar-refractivity contribution in [1.29, 1.82) is 0 Å². The summed E-state index contributed by atoms with van der Waals surface area (Å²) in [4.78, 5) is 1.38. The minimum atomic E-state index is -3.40. The van der Waals surface area contributed by atoms with E-state index in [0.717, 1.165) is 6.42 Å². The fraction of sp³-hybridized carbons (Fsp3) is 0.300. The van der Waals surface area contributed by atoms with E-state index in [1.54, 1.807) is 18.4 Å². The molecule has 0 spiro atoms. The van der Waals surface area contributed by atoms with Gasteiger partial charge in [0.1, 0.15) is 4.90 Å². The number of hydrogen-bond donors (Lipinski definition) is 1. The van der Waals surface area contributed by atoms with Crippen LogP contribution in [0.4, 0.5) is 0 Å². The van der Waals surface area contributed by atoms with Crippen molar-refractivity contribution in [3.63, 3.8) is 0 Å². The van der Waals surface area contributed by atoms with Crippen LogP contribution in [0.1, 0.15) is 4.88 Å². The van der Waals surface area contributed by atoms with Crippen molar-refractivity contribution in [2.75, 3.05) is 13.6 Å². The summed E-state index contributed by atoms with van der Waals surface area (Å²) in [5, 5.41) is 8.14. The quantitative estimate of drug-likeness (QED) is 0.892. The molecule has 0 aliphatic carbocycles. The molecule has 0 radical (unpaired) electrons. The van der Waals surface area contributed by atoms with Crippen LogP contribution in [0.3, 0.4) is 0 Å². The van der Waals surface area contributed by atoms with Crippen LogP contribution >= 0.6 is 11.3 Å². The summed E-state index contributed by atoms with van der Waals surface area (Å²) in [5.74, 6) is 0. The first-order valence-electron chi connectivity index (χ1n) is 5.08. The van der Waals surface area contributed by atoms with E-state index in [-0.39, 0.29) is 4.90 Å². The molecule has 0 bridgehead atoms. The molecule has 92 valence electrons. The van der Waals surface area contributed by atoms with Crippen molar-refractivity contribution < 1.29 is 8.42 Å². The van der Waals surface area contributed by atoms with E-state index in [1.807, 2.05) is 17.5 Å². The lowest BCUT2D eigenvalue weighted by molar-refractivity contribution is 0.473. The first kappa shape index (κ1) is 12.3. The predicted molar refractivity (Wildman–Crippen MR) is 66.4 cm³/mol. The zero-order valence-corrected chi connectivity index (χ0v) is 11.0. The van der Waals surface area contributed by atoms with Gasteiger partial charge in [0.15, 0.2) is 0 Å². The molecule has 2 rings (SSSR count). The molecular formula is C10H13N3O2S2. The molecule has 0 unspecified atom stereocenters. The summed E-state index contributed by atoms with van der Waals surface area (Å²) in [6.07, 6.45) is 3.43. The average Bonchev–Trinajstić information content (AvgIpc) is 2.98. The van der Waals surface area contributed by atoms with E-state index in [1.165, 1.54) is 21.6 Å². The maximum atomic E-state index is 12.0. The molecule has 0 saturated carbocycles. The molecule has 5 nitrogen and oxygen atoms in total. The highest BCUT2D eigenvalue weighted by atomic mass is 32.2. The molecule has 0 saturated heterocycles. The lowest BCUT2D eigenvalue weighted by atomic mass is 10.3. The Labute approximate surface area is 104 Å². The number of rotatable bonds is 5. The van der Waals surface area contributed by atoms with Gasteiger partial charge in [-0.1, -0.05) is 6.07 Å². The van der Waals surface area contributed by atoms with E-state index < -0.39 is 10.0 Å². The van der Waals surface area contributed by atoms with Gasteiger partial charge in [-0.2, -0.15) is 5.10 Å². The minimum absolute atomic E-state index is 0.200. The third-order valence-electron chi connectivity index (χ3n) is 2.43. The van der Waals surface area contributed by atoms with Gasteiger partial charge in [-0.15, -0.1) is 11.3 Å². The maximum Gasteiger partial charge on any atom is 0.245 e. The van der Waals surface area contributed by atoms with Crippen molar-refractivity contribution in [3.05, 3.63) is 34.8 Å². The Morgan fingerprint density at radius 1 is 1.53 bits per heavy atom. The van der Waals surface area contributed by atoms with Gasteiger partial charge in [-0.05, 0) is 17.9 Å². The monoisotopic (exact) mass is 271 g/mol. The van der Waals surface area contributed by atoms with Crippen molar-refractivity contribution in [2.45, 2.75) is 11.3 Å². The fourth-order valence-corrected chi connectivity index (χ4v) is 3.18. The van der Waals surface area contributed by atoms with Gasteiger partial charge < -0.3 is 0 Å². The van der Waals surface area contributed by atoms with Gasteiger partial charge in [0.25, 0.3) is 0 Å². The number of hydrogen-bond acceptors (Lipinski definition) is 4. The van der Waals surface area contributed by atoms with Crippen LogP contribution in [-0.2, 0) is 16.4 Å². The Balaban J connectivity index is 2.03. The van der Waals surface area contributed by atoms with Crippen molar-refractivity contribution >= 4 is 21.4 Å². The van der Waals surface area contributed by atoms with Crippen LogP contribution in [0.2, 0.25) is 0 Å². The van der Waals surface area contributed by atoms with Gasteiger partial charge in [0.05, 0.1) is 6.20 Å². The van der Waals surface area contributed by atoms with Crippen molar-refractivity contribution in [2.24, 2.45) is 0 Å². The second-order valence-corrected chi connectivity index (χ2v) is 6.67. The minimum Gasteiger partial charge on any atom is -0.284 e. The Kier molecular flexibility index (Phi) is 3.60. The Bertz CT molecular complexity index is 546. The topological polar surface area (TPSA) is 66.1 Å². The first-order valence-corrected chi connectivity index (χ1v) is 7.40. The van der Waals surface area contributed by atoms with Gasteiger partial charge >= 0.3 is 0 Å². The Hall–Kier alpha value is -1.18. The molecule has 17 heavy (non-hydrogen) atoms. The summed E-state index contributed by atoms with van der Waals surface area (Å²) in [7, 11) is -1.83. The van der Waals surface area contributed by atoms with Gasteiger partial charge in [0.2, 0.25) is 10.0 Å². The van der Waals surface area contributed by atoms with Crippen LogP contribution < -0.4 is 0 Å². The number of aromatic nitrogens is 2. The number of likely N-dealkylation sites (N-methyl/N-ethyl adjacent to an activating group) is 1. The normalized spacial score (nSPS) is 12.1. The molecule has 2 heterocycles. The summed E-state index contributed by atoms with van der Waals surface area (Å²) >= 11 is 1.63. The van der Waals surface area contributed by atoms with E-state index in [9.17, 15) is 8.42 Å². The van der Waals surface area contributed by atoms with Gasteiger partial charge in [-0.3, -0.25) is 5.10 Å². The van der Waals surface area contributed by atoms with E-state index >= 15 is 0 Å². The number of thiophene rings is 1. The summed E-state index contributed by atoms with van der Waals surface area (Å²) < 4.78 is 25.4. The number of nitrogens with zero attached hydrogens (tertiary/aromatic N) is 2. The molecule has 0 aliphatic rings. The molecule has 0 fully saturated rings.